The summed E-state index contributed by atoms with van der Waals surface area (Å²) >= 11 is 1.37. The standard InChI is InChI=1S/C17H16N6O2S/c1-8-5-11(14-10(3)22-25-16(14)18-8)15(24)20-17-19-13(7-26-17)12-6-23(4)21-9(12)2/h5-7H,1-4H3,(H,19,20,24). The fraction of sp³-hybridized carbons (Fsp3) is 0.235. The van der Waals surface area contributed by atoms with Crippen molar-refractivity contribution in [1.29, 1.82) is 0 Å². The first-order chi connectivity index (χ1) is 12.4. The van der Waals surface area contributed by atoms with Crippen molar-refractivity contribution >= 4 is 33.5 Å². The third-order valence-electron chi connectivity index (χ3n) is 4.00. The first-order valence-corrected chi connectivity index (χ1v) is 8.81. The number of rotatable bonds is 3. The van der Waals surface area contributed by atoms with Crippen LogP contribution in [0.1, 0.15) is 27.4 Å². The summed E-state index contributed by atoms with van der Waals surface area (Å²) in [4.78, 5) is 21.6. The number of aryl methyl sites for hydroxylation is 4. The maximum Gasteiger partial charge on any atom is 0.258 e. The van der Waals surface area contributed by atoms with Crippen molar-refractivity contribution < 1.29 is 9.32 Å². The lowest BCUT2D eigenvalue weighted by Crippen LogP contribution is -2.13. The summed E-state index contributed by atoms with van der Waals surface area (Å²) in [6, 6.07) is 1.72. The van der Waals surface area contributed by atoms with Crippen molar-refractivity contribution in [2.45, 2.75) is 20.8 Å². The highest BCUT2D eigenvalue weighted by Gasteiger charge is 2.19. The van der Waals surface area contributed by atoms with Crippen LogP contribution >= 0.6 is 11.3 Å². The summed E-state index contributed by atoms with van der Waals surface area (Å²) in [7, 11) is 1.86. The largest absolute Gasteiger partial charge is 0.336 e. The number of nitrogens with zero attached hydrogens (tertiary/aromatic N) is 5. The topological polar surface area (TPSA) is 98.7 Å². The minimum absolute atomic E-state index is 0.268. The predicted molar refractivity (Wildman–Crippen MR) is 98.3 cm³/mol. The van der Waals surface area contributed by atoms with E-state index < -0.39 is 0 Å². The van der Waals surface area contributed by atoms with Gasteiger partial charge in [0.15, 0.2) is 5.13 Å². The Morgan fingerprint density at radius 3 is 2.77 bits per heavy atom. The quantitative estimate of drug-likeness (QED) is 0.596. The molecule has 26 heavy (non-hydrogen) atoms. The van der Waals surface area contributed by atoms with Gasteiger partial charge in [-0.2, -0.15) is 5.10 Å². The molecule has 9 heteroatoms. The molecule has 0 bridgehead atoms. The Morgan fingerprint density at radius 1 is 1.23 bits per heavy atom. The van der Waals surface area contributed by atoms with E-state index in [0.717, 1.165) is 17.0 Å². The van der Waals surface area contributed by atoms with Crippen molar-refractivity contribution in [3.63, 3.8) is 0 Å². The molecule has 0 saturated carbocycles. The SMILES string of the molecule is Cc1cc(C(=O)Nc2nc(-c3cn(C)nc3C)cs2)c2c(C)noc2n1. The number of pyridine rings is 1. The van der Waals surface area contributed by atoms with E-state index in [1.807, 2.05) is 25.5 Å². The average Bonchev–Trinajstić information content (AvgIpc) is 3.26. The molecule has 0 aliphatic carbocycles. The molecule has 4 heterocycles. The number of anilines is 1. The Bertz CT molecular complexity index is 1140. The molecule has 0 atom stereocenters. The molecule has 1 N–H and O–H groups in total. The van der Waals surface area contributed by atoms with Gasteiger partial charge in [-0.3, -0.25) is 14.8 Å². The zero-order valence-corrected chi connectivity index (χ0v) is 15.5. The first kappa shape index (κ1) is 16.4. The van der Waals surface area contributed by atoms with Crippen LogP contribution in [-0.2, 0) is 7.05 Å². The van der Waals surface area contributed by atoms with E-state index in [1.54, 1.807) is 24.6 Å². The number of fused-ring (bicyclic) bond motifs is 1. The summed E-state index contributed by atoms with van der Waals surface area (Å²) in [5.74, 6) is -0.268. The van der Waals surface area contributed by atoms with Crippen LogP contribution in [0.2, 0.25) is 0 Å². The third kappa shape index (κ3) is 2.76. The van der Waals surface area contributed by atoms with E-state index >= 15 is 0 Å². The smallest absolute Gasteiger partial charge is 0.258 e. The van der Waals surface area contributed by atoms with Gasteiger partial charge in [0.1, 0.15) is 0 Å². The summed E-state index contributed by atoms with van der Waals surface area (Å²) in [6.07, 6.45) is 1.91. The highest BCUT2D eigenvalue weighted by molar-refractivity contribution is 7.14. The van der Waals surface area contributed by atoms with Gasteiger partial charge in [0.2, 0.25) is 0 Å². The molecule has 0 saturated heterocycles. The summed E-state index contributed by atoms with van der Waals surface area (Å²) in [5.41, 5.74) is 4.77. The second kappa shape index (κ2) is 6.03. The molecule has 4 aromatic rings. The molecule has 1 amide bonds. The summed E-state index contributed by atoms with van der Waals surface area (Å²) in [6.45, 7) is 5.52. The van der Waals surface area contributed by atoms with Crippen LogP contribution in [-0.4, -0.2) is 30.8 Å². The van der Waals surface area contributed by atoms with Gasteiger partial charge in [-0.1, -0.05) is 5.16 Å². The van der Waals surface area contributed by atoms with Crippen molar-refractivity contribution in [3.05, 3.63) is 40.3 Å². The maximum atomic E-state index is 12.8. The molecule has 8 nitrogen and oxygen atoms in total. The van der Waals surface area contributed by atoms with Crippen molar-refractivity contribution in [3.8, 4) is 11.3 Å². The number of thiazole rings is 1. The zero-order valence-electron chi connectivity index (χ0n) is 14.7. The lowest BCUT2D eigenvalue weighted by Gasteiger charge is -2.04. The van der Waals surface area contributed by atoms with Gasteiger partial charge in [-0.15, -0.1) is 11.3 Å². The Morgan fingerprint density at radius 2 is 2.04 bits per heavy atom. The summed E-state index contributed by atoms with van der Waals surface area (Å²) in [5, 5.41) is 14.1. The summed E-state index contributed by atoms with van der Waals surface area (Å²) < 4.78 is 6.93. The van der Waals surface area contributed by atoms with Crippen LogP contribution in [0.15, 0.2) is 22.2 Å². The molecule has 0 aliphatic rings. The normalized spacial score (nSPS) is 11.2. The fourth-order valence-corrected chi connectivity index (χ4v) is 3.57. The highest BCUT2D eigenvalue weighted by atomic mass is 32.1. The highest BCUT2D eigenvalue weighted by Crippen LogP contribution is 2.28. The zero-order chi connectivity index (χ0) is 18.4. The van der Waals surface area contributed by atoms with Crippen LogP contribution in [0, 0.1) is 20.8 Å². The van der Waals surface area contributed by atoms with E-state index in [0.29, 0.717) is 33.2 Å². The Kier molecular flexibility index (Phi) is 3.80. The van der Waals surface area contributed by atoms with Gasteiger partial charge in [0, 0.05) is 29.9 Å². The van der Waals surface area contributed by atoms with Crippen molar-refractivity contribution in [2.24, 2.45) is 7.05 Å². The van der Waals surface area contributed by atoms with Crippen LogP contribution in [0.4, 0.5) is 5.13 Å². The van der Waals surface area contributed by atoms with Crippen LogP contribution in [0.25, 0.3) is 22.4 Å². The van der Waals surface area contributed by atoms with Gasteiger partial charge >= 0.3 is 0 Å². The second-order valence-corrected chi connectivity index (χ2v) is 6.91. The van der Waals surface area contributed by atoms with Gasteiger partial charge < -0.3 is 4.52 Å². The number of hydrogen-bond donors (Lipinski definition) is 1. The lowest BCUT2D eigenvalue weighted by molar-refractivity contribution is 0.102. The van der Waals surface area contributed by atoms with Crippen LogP contribution < -0.4 is 5.32 Å². The van der Waals surface area contributed by atoms with E-state index in [9.17, 15) is 4.79 Å². The third-order valence-corrected chi connectivity index (χ3v) is 4.76. The molecule has 0 aromatic carbocycles. The maximum absolute atomic E-state index is 12.8. The predicted octanol–water partition coefficient (Wildman–Crippen LogP) is 3.26. The van der Waals surface area contributed by atoms with Gasteiger partial charge in [-0.25, -0.2) is 9.97 Å². The monoisotopic (exact) mass is 368 g/mol. The number of amides is 1. The first-order valence-electron chi connectivity index (χ1n) is 7.93. The number of carbonyl (C=O) groups excluding carboxylic acids is 1. The Balaban J connectivity index is 1.66. The number of carbonyl (C=O) groups is 1. The van der Waals surface area contributed by atoms with Crippen molar-refractivity contribution in [2.75, 3.05) is 5.32 Å². The second-order valence-electron chi connectivity index (χ2n) is 6.05. The number of aromatic nitrogens is 5. The van der Waals surface area contributed by atoms with E-state index in [4.69, 9.17) is 4.52 Å². The number of nitrogens with one attached hydrogen (secondary N) is 1. The molecule has 0 aliphatic heterocycles. The molecular weight excluding hydrogens is 352 g/mol. The Labute approximate surface area is 152 Å². The molecule has 4 rings (SSSR count). The van der Waals surface area contributed by atoms with Gasteiger partial charge in [0.05, 0.1) is 28.0 Å². The molecule has 0 radical (unpaired) electrons. The van der Waals surface area contributed by atoms with Crippen LogP contribution in [0.3, 0.4) is 0 Å². The van der Waals surface area contributed by atoms with E-state index in [2.05, 4.69) is 25.5 Å². The molecule has 4 aromatic heterocycles. The molecule has 0 unspecified atom stereocenters. The molecular formula is C17H16N6O2S. The van der Waals surface area contributed by atoms with E-state index in [1.165, 1.54) is 11.3 Å². The molecule has 0 spiro atoms. The molecule has 132 valence electrons. The lowest BCUT2D eigenvalue weighted by atomic mass is 10.1. The minimum Gasteiger partial charge on any atom is -0.336 e. The van der Waals surface area contributed by atoms with Crippen molar-refractivity contribution in [1.82, 2.24) is 24.9 Å². The van der Waals surface area contributed by atoms with Gasteiger partial charge in [0.25, 0.3) is 11.6 Å². The average molecular weight is 368 g/mol. The number of hydrogen-bond acceptors (Lipinski definition) is 7. The Hall–Kier alpha value is -3.07. The minimum atomic E-state index is -0.268. The van der Waals surface area contributed by atoms with E-state index in [-0.39, 0.29) is 5.91 Å². The van der Waals surface area contributed by atoms with Crippen LogP contribution in [0.5, 0.6) is 0 Å². The fourth-order valence-electron chi connectivity index (χ4n) is 2.87. The molecule has 0 fully saturated rings. The van der Waals surface area contributed by atoms with Gasteiger partial charge in [-0.05, 0) is 26.8 Å².